The van der Waals surface area contributed by atoms with Gasteiger partial charge in [-0.05, 0) is 5.92 Å². The van der Waals surface area contributed by atoms with Crippen molar-refractivity contribution < 1.29 is 9.59 Å². The minimum Gasteiger partial charge on any atom is -0.341 e. The van der Waals surface area contributed by atoms with Gasteiger partial charge in [-0.25, -0.2) is 4.98 Å². The number of nitrogens with one attached hydrogen (secondary N) is 2. The highest BCUT2D eigenvalue weighted by molar-refractivity contribution is 5.96. The van der Waals surface area contributed by atoms with E-state index >= 15 is 0 Å². The van der Waals surface area contributed by atoms with Crippen LogP contribution >= 0.6 is 0 Å². The van der Waals surface area contributed by atoms with Crippen LogP contribution in [-0.2, 0) is 4.79 Å². The quantitative estimate of drug-likeness (QED) is 0.812. The maximum Gasteiger partial charge on any atom is 0.269 e. The van der Waals surface area contributed by atoms with Crippen molar-refractivity contribution >= 4 is 11.7 Å². The number of imidazole rings is 1. The Morgan fingerprint density at radius 1 is 1.29 bits per heavy atom. The summed E-state index contributed by atoms with van der Waals surface area (Å²) < 4.78 is 0. The number of Topliss-reactive ketones (excluding diaryl/α,β-unsaturated/α-hetero) is 1. The molecule has 94 valence electrons. The van der Waals surface area contributed by atoms with Gasteiger partial charge in [0.15, 0.2) is 5.78 Å². The van der Waals surface area contributed by atoms with Crippen molar-refractivity contribution in [2.45, 2.75) is 33.7 Å². The summed E-state index contributed by atoms with van der Waals surface area (Å²) in [5.74, 6) is -0.274. The smallest absolute Gasteiger partial charge is 0.269 e. The zero-order valence-corrected chi connectivity index (χ0v) is 10.7. The van der Waals surface area contributed by atoms with Gasteiger partial charge in [-0.2, -0.15) is 0 Å². The van der Waals surface area contributed by atoms with Crippen LogP contribution in [-0.4, -0.2) is 27.7 Å². The van der Waals surface area contributed by atoms with Crippen molar-refractivity contribution in [3.8, 4) is 0 Å². The number of carbonyl (C=O) groups excluding carboxylic acids is 2. The molecule has 0 unspecified atom stereocenters. The summed E-state index contributed by atoms with van der Waals surface area (Å²) in [5, 5.41) is 2.74. The molecule has 1 aromatic rings. The van der Waals surface area contributed by atoms with Crippen LogP contribution in [0, 0.1) is 11.8 Å². The summed E-state index contributed by atoms with van der Waals surface area (Å²) >= 11 is 0. The van der Waals surface area contributed by atoms with Crippen LogP contribution in [0.2, 0.25) is 0 Å². The van der Waals surface area contributed by atoms with Crippen LogP contribution in [0.1, 0.15) is 38.2 Å². The van der Waals surface area contributed by atoms with E-state index in [9.17, 15) is 9.59 Å². The predicted octanol–water partition coefficient (Wildman–Crippen LogP) is 1.39. The first-order chi connectivity index (χ1) is 7.93. The zero-order valence-electron chi connectivity index (χ0n) is 10.7. The summed E-state index contributed by atoms with van der Waals surface area (Å²) in [6.07, 6.45) is 2.87. The van der Waals surface area contributed by atoms with Gasteiger partial charge in [0.05, 0.1) is 18.6 Å². The van der Waals surface area contributed by atoms with Crippen molar-refractivity contribution in [2.24, 2.45) is 11.8 Å². The third-order valence-electron chi connectivity index (χ3n) is 2.57. The maximum absolute atomic E-state index is 11.9. The zero-order chi connectivity index (χ0) is 13.0. The first-order valence-corrected chi connectivity index (χ1v) is 5.76. The number of carbonyl (C=O) groups is 2. The van der Waals surface area contributed by atoms with Crippen molar-refractivity contribution in [2.75, 3.05) is 0 Å². The Morgan fingerprint density at radius 2 is 1.94 bits per heavy atom. The lowest BCUT2D eigenvalue weighted by Crippen LogP contribution is -2.46. The Labute approximate surface area is 101 Å². The Hall–Kier alpha value is -1.65. The molecule has 0 aliphatic carbocycles. The molecule has 1 aromatic heterocycles. The molecule has 0 aliphatic rings. The fraction of sp³-hybridized carbons (Fsp3) is 0.583. The van der Waals surface area contributed by atoms with Crippen LogP contribution < -0.4 is 5.32 Å². The average molecular weight is 237 g/mol. The molecular formula is C12H19N3O2. The largest absolute Gasteiger partial charge is 0.341 e. The molecule has 0 saturated heterocycles. The molecule has 0 radical (unpaired) electrons. The van der Waals surface area contributed by atoms with Crippen molar-refractivity contribution in [3.63, 3.8) is 0 Å². The van der Waals surface area contributed by atoms with E-state index in [4.69, 9.17) is 0 Å². The lowest BCUT2D eigenvalue weighted by molar-refractivity contribution is -0.124. The molecule has 0 saturated carbocycles. The van der Waals surface area contributed by atoms with Crippen LogP contribution in [0.15, 0.2) is 12.5 Å². The second-order valence-electron chi connectivity index (χ2n) is 4.72. The molecule has 0 fully saturated rings. The summed E-state index contributed by atoms with van der Waals surface area (Å²) in [6, 6.07) is -0.453. The van der Waals surface area contributed by atoms with E-state index < -0.39 is 6.04 Å². The first-order valence-electron chi connectivity index (χ1n) is 5.76. The Bertz CT molecular complexity index is 382. The van der Waals surface area contributed by atoms with Gasteiger partial charge in [-0.1, -0.05) is 27.7 Å². The van der Waals surface area contributed by atoms with Gasteiger partial charge >= 0.3 is 0 Å². The number of rotatable bonds is 5. The summed E-state index contributed by atoms with van der Waals surface area (Å²) in [4.78, 5) is 30.3. The Balaban J connectivity index is 2.74. The highest BCUT2D eigenvalue weighted by Gasteiger charge is 2.26. The fourth-order valence-electron chi connectivity index (χ4n) is 1.52. The number of aromatic nitrogens is 2. The fourth-order valence-corrected chi connectivity index (χ4v) is 1.52. The molecule has 0 aromatic carbocycles. The first kappa shape index (κ1) is 13.4. The van der Waals surface area contributed by atoms with E-state index in [0.717, 1.165) is 0 Å². The van der Waals surface area contributed by atoms with Gasteiger partial charge < -0.3 is 10.3 Å². The lowest BCUT2D eigenvalue weighted by atomic mass is 9.93. The lowest BCUT2D eigenvalue weighted by Gasteiger charge is -2.22. The van der Waals surface area contributed by atoms with Gasteiger partial charge in [0.1, 0.15) is 5.69 Å². The number of hydrogen-bond donors (Lipinski definition) is 2. The van der Waals surface area contributed by atoms with E-state index in [2.05, 4.69) is 15.3 Å². The molecule has 0 spiro atoms. The van der Waals surface area contributed by atoms with E-state index in [1.54, 1.807) is 0 Å². The van der Waals surface area contributed by atoms with Crippen LogP contribution in [0.3, 0.4) is 0 Å². The standard InChI is InChI=1S/C12H19N3O2/c1-7(2)10(11(16)8(3)4)15-12(17)9-5-13-6-14-9/h5-8,10H,1-4H3,(H,13,14)(H,15,17)/t10-/m0/s1. The SMILES string of the molecule is CC(C)C(=O)[C@@H](NC(=O)c1cnc[nH]1)C(C)C. The number of H-pyrrole nitrogens is 1. The average Bonchev–Trinajstić information content (AvgIpc) is 2.77. The Kier molecular flexibility index (Phi) is 4.43. The third kappa shape index (κ3) is 3.41. The van der Waals surface area contributed by atoms with Crippen molar-refractivity contribution in [3.05, 3.63) is 18.2 Å². The normalized spacial score (nSPS) is 12.8. The number of amides is 1. The topological polar surface area (TPSA) is 74.8 Å². The highest BCUT2D eigenvalue weighted by atomic mass is 16.2. The van der Waals surface area contributed by atoms with E-state index in [1.807, 2.05) is 27.7 Å². The second-order valence-corrected chi connectivity index (χ2v) is 4.72. The van der Waals surface area contributed by atoms with Gasteiger partial charge in [0.2, 0.25) is 0 Å². The molecule has 1 heterocycles. The number of hydrogen-bond acceptors (Lipinski definition) is 3. The van der Waals surface area contributed by atoms with Crippen LogP contribution in [0.5, 0.6) is 0 Å². The molecule has 0 bridgehead atoms. The van der Waals surface area contributed by atoms with Crippen LogP contribution in [0.25, 0.3) is 0 Å². The summed E-state index contributed by atoms with van der Waals surface area (Å²) in [7, 11) is 0. The summed E-state index contributed by atoms with van der Waals surface area (Å²) in [5.41, 5.74) is 0.368. The molecule has 0 aliphatic heterocycles. The Morgan fingerprint density at radius 3 is 2.35 bits per heavy atom. The monoisotopic (exact) mass is 237 g/mol. The van der Waals surface area contributed by atoms with Gasteiger partial charge in [-0.3, -0.25) is 9.59 Å². The van der Waals surface area contributed by atoms with E-state index in [0.29, 0.717) is 5.69 Å². The maximum atomic E-state index is 11.9. The number of aromatic amines is 1. The minimum atomic E-state index is -0.453. The number of nitrogens with zero attached hydrogens (tertiary/aromatic N) is 1. The van der Waals surface area contributed by atoms with Crippen molar-refractivity contribution in [1.29, 1.82) is 0 Å². The third-order valence-corrected chi connectivity index (χ3v) is 2.57. The van der Waals surface area contributed by atoms with E-state index in [-0.39, 0.29) is 23.5 Å². The van der Waals surface area contributed by atoms with Crippen LogP contribution in [0.4, 0.5) is 0 Å². The molecule has 1 amide bonds. The summed E-state index contributed by atoms with van der Waals surface area (Å²) in [6.45, 7) is 7.50. The molecule has 5 heteroatoms. The molecule has 17 heavy (non-hydrogen) atoms. The van der Waals surface area contributed by atoms with Gasteiger partial charge in [-0.15, -0.1) is 0 Å². The van der Waals surface area contributed by atoms with E-state index in [1.165, 1.54) is 12.5 Å². The molecule has 1 atom stereocenters. The van der Waals surface area contributed by atoms with Gasteiger partial charge in [0.25, 0.3) is 5.91 Å². The molecule has 2 N–H and O–H groups in total. The van der Waals surface area contributed by atoms with Crippen molar-refractivity contribution in [1.82, 2.24) is 15.3 Å². The molecular weight excluding hydrogens is 218 g/mol. The highest BCUT2D eigenvalue weighted by Crippen LogP contribution is 2.09. The minimum absolute atomic E-state index is 0.0489. The predicted molar refractivity (Wildman–Crippen MR) is 64.5 cm³/mol. The molecule has 1 rings (SSSR count). The second kappa shape index (κ2) is 5.61. The molecule has 5 nitrogen and oxygen atoms in total. The number of ketones is 1. The van der Waals surface area contributed by atoms with Gasteiger partial charge in [0, 0.05) is 5.92 Å².